The van der Waals surface area contributed by atoms with Crippen molar-refractivity contribution in [2.75, 3.05) is 0 Å². The predicted octanol–water partition coefficient (Wildman–Crippen LogP) is 2.76. The number of hydrazone groups is 1. The van der Waals surface area contributed by atoms with Crippen LogP contribution in [0.5, 0.6) is 0 Å². The summed E-state index contributed by atoms with van der Waals surface area (Å²) in [5, 5.41) is 3.89. The van der Waals surface area contributed by atoms with Crippen molar-refractivity contribution in [1.82, 2.24) is 5.43 Å². The summed E-state index contributed by atoms with van der Waals surface area (Å²) >= 11 is 0. The van der Waals surface area contributed by atoms with Crippen molar-refractivity contribution in [3.63, 3.8) is 0 Å². The zero-order valence-electron chi connectivity index (χ0n) is 10.0. The van der Waals surface area contributed by atoms with E-state index in [1.54, 1.807) is 18.3 Å². The fourth-order valence-corrected chi connectivity index (χ4v) is 1.14. The highest BCUT2D eigenvalue weighted by Gasteiger charge is 2.02. The largest absolute Gasteiger partial charge is 0.271 e. The summed E-state index contributed by atoms with van der Waals surface area (Å²) in [4.78, 5) is 11.6. The Labute approximate surface area is 96.6 Å². The van der Waals surface area contributed by atoms with E-state index in [4.69, 9.17) is 0 Å². The fraction of sp³-hybridized carbons (Fsp3) is 0.385. The number of aryl methyl sites for hydroxylation is 1. The van der Waals surface area contributed by atoms with Crippen LogP contribution in [0.3, 0.4) is 0 Å². The lowest BCUT2D eigenvalue weighted by atomic mass is 10.1. The first-order valence-electron chi connectivity index (χ1n) is 5.48. The van der Waals surface area contributed by atoms with Crippen LogP contribution < -0.4 is 5.43 Å². The van der Waals surface area contributed by atoms with Gasteiger partial charge in [0, 0.05) is 11.8 Å². The first-order valence-corrected chi connectivity index (χ1v) is 5.48. The van der Waals surface area contributed by atoms with Gasteiger partial charge in [0.2, 0.25) is 0 Å². The maximum Gasteiger partial charge on any atom is 0.271 e. The third-order valence-corrected chi connectivity index (χ3v) is 2.15. The van der Waals surface area contributed by atoms with E-state index in [2.05, 4.69) is 24.4 Å². The second kappa shape index (κ2) is 6.05. The highest BCUT2D eigenvalue weighted by molar-refractivity contribution is 5.94. The van der Waals surface area contributed by atoms with Crippen LogP contribution in [0.1, 0.15) is 36.2 Å². The lowest BCUT2D eigenvalue weighted by Crippen LogP contribution is -2.17. The Bertz CT molecular complexity index is 366. The summed E-state index contributed by atoms with van der Waals surface area (Å²) < 4.78 is 0. The van der Waals surface area contributed by atoms with E-state index in [0.717, 1.165) is 12.0 Å². The molecule has 3 nitrogen and oxygen atoms in total. The van der Waals surface area contributed by atoms with Crippen LogP contribution in [0.4, 0.5) is 0 Å². The van der Waals surface area contributed by atoms with E-state index >= 15 is 0 Å². The number of rotatable bonds is 4. The minimum Gasteiger partial charge on any atom is -0.267 e. The summed E-state index contributed by atoms with van der Waals surface area (Å²) in [6.45, 7) is 6.20. The first-order chi connectivity index (χ1) is 7.59. The Kier molecular flexibility index (Phi) is 4.70. The quantitative estimate of drug-likeness (QED) is 0.612. The number of hydrogen-bond acceptors (Lipinski definition) is 2. The summed E-state index contributed by atoms with van der Waals surface area (Å²) in [6, 6.07) is 7.41. The van der Waals surface area contributed by atoms with E-state index in [-0.39, 0.29) is 5.91 Å². The molecule has 0 heterocycles. The second-order valence-electron chi connectivity index (χ2n) is 4.25. The van der Waals surface area contributed by atoms with Gasteiger partial charge in [-0.05, 0) is 31.4 Å². The number of benzene rings is 1. The van der Waals surface area contributed by atoms with E-state index in [9.17, 15) is 4.79 Å². The zero-order chi connectivity index (χ0) is 12.0. The smallest absolute Gasteiger partial charge is 0.267 e. The molecular formula is C13H18N2O. The van der Waals surface area contributed by atoms with Gasteiger partial charge in [-0.1, -0.05) is 31.5 Å². The second-order valence-corrected chi connectivity index (χ2v) is 4.25. The Balaban J connectivity index is 2.47. The lowest BCUT2D eigenvalue weighted by molar-refractivity contribution is 0.0955. The molecule has 1 rings (SSSR count). The molecule has 0 aliphatic heterocycles. The summed E-state index contributed by atoms with van der Waals surface area (Å²) in [6.07, 6.45) is 2.60. The summed E-state index contributed by atoms with van der Waals surface area (Å²) in [7, 11) is 0. The Hall–Kier alpha value is -1.64. The molecule has 0 radical (unpaired) electrons. The van der Waals surface area contributed by atoms with Gasteiger partial charge < -0.3 is 0 Å². The van der Waals surface area contributed by atoms with Crippen LogP contribution in [-0.4, -0.2) is 12.1 Å². The molecule has 1 amide bonds. The molecule has 0 saturated heterocycles. The summed E-state index contributed by atoms with van der Waals surface area (Å²) in [5.74, 6) is 0.389. The van der Waals surface area contributed by atoms with Gasteiger partial charge in [-0.2, -0.15) is 5.10 Å². The Morgan fingerprint density at radius 3 is 2.56 bits per heavy atom. The number of carbonyl (C=O) groups is 1. The van der Waals surface area contributed by atoms with E-state index in [1.165, 1.54) is 0 Å². The molecule has 3 heteroatoms. The molecule has 0 aliphatic rings. The standard InChI is InChI=1S/C13H18N2O/c1-10(2)8-9-14-15-13(16)12-6-4-11(3)5-7-12/h4-7,9-10H,8H2,1-3H3,(H,15,16)/b14-9-. The molecule has 0 atom stereocenters. The number of amides is 1. The molecule has 0 aliphatic carbocycles. The van der Waals surface area contributed by atoms with Crippen molar-refractivity contribution in [1.29, 1.82) is 0 Å². The van der Waals surface area contributed by atoms with Gasteiger partial charge in [-0.15, -0.1) is 0 Å². The summed E-state index contributed by atoms with van der Waals surface area (Å²) in [5.41, 5.74) is 4.27. The topological polar surface area (TPSA) is 41.5 Å². The minimum atomic E-state index is -0.167. The maximum atomic E-state index is 11.6. The van der Waals surface area contributed by atoms with Crippen LogP contribution >= 0.6 is 0 Å². The molecule has 1 N–H and O–H groups in total. The normalized spacial score (nSPS) is 11.0. The number of nitrogens with zero attached hydrogens (tertiary/aromatic N) is 1. The first kappa shape index (κ1) is 12.4. The Morgan fingerprint density at radius 1 is 1.38 bits per heavy atom. The number of carbonyl (C=O) groups excluding carboxylic acids is 1. The van der Waals surface area contributed by atoms with Crippen molar-refractivity contribution in [2.24, 2.45) is 11.0 Å². The third-order valence-electron chi connectivity index (χ3n) is 2.15. The van der Waals surface area contributed by atoms with Crippen molar-refractivity contribution >= 4 is 12.1 Å². The highest BCUT2D eigenvalue weighted by atomic mass is 16.2. The molecule has 86 valence electrons. The SMILES string of the molecule is Cc1ccc(C(=O)N/N=C\CC(C)C)cc1. The van der Waals surface area contributed by atoms with Crippen LogP contribution in [0, 0.1) is 12.8 Å². The molecule has 0 spiro atoms. The molecule has 0 fully saturated rings. The monoisotopic (exact) mass is 218 g/mol. The number of nitrogens with one attached hydrogen (secondary N) is 1. The van der Waals surface area contributed by atoms with E-state index in [1.807, 2.05) is 19.1 Å². The van der Waals surface area contributed by atoms with Gasteiger partial charge in [-0.3, -0.25) is 4.79 Å². The van der Waals surface area contributed by atoms with E-state index < -0.39 is 0 Å². The molecule has 0 bridgehead atoms. The molecule has 16 heavy (non-hydrogen) atoms. The van der Waals surface area contributed by atoms with Crippen molar-refractivity contribution < 1.29 is 4.79 Å². The van der Waals surface area contributed by atoms with Crippen LogP contribution in [0.25, 0.3) is 0 Å². The highest BCUT2D eigenvalue weighted by Crippen LogP contribution is 2.02. The van der Waals surface area contributed by atoms with Crippen LogP contribution in [0.2, 0.25) is 0 Å². The molecule has 0 aromatic heterocycles. The van der Waals surface area contributed by atoms with Gasteiger partial charge in [0.1, 0.15) is 0 Å². The lowest BCUT2D eigenvalue weighted by Gasteiger charge is -2.00. The molecule has 1 aromatic carbocycles. The third kappa shape index (κ3) is 4.26. The van der Waals surface area contributed by atoms with Gasteiger partial charge in [0.15, 0.2) is 0 Å². The zero-order valence-corrected chi connectivity index (χ0v) is 10.0. The van der Waals surface area contributed by atoms with Crippen LogP contribution in [-0.2, 0) is 0 Å². The van der Waals surface area contributed by atoms with E-state index in [0.29, 0.717) is 11.5 Å². The predicted molar refractivity (Wildman–Crippen MR) is 66.6 cm³/mol. The Morgan fingerprint density at radius 2 is 2.00 bits per heavy atom. The number of hydrogen-bond donors (Lipinski definition) is 1. The average molecular weight is 218 g/mol. The molecule has 0 saturated carbocycles. The molecular weight excluding hydrogens is 200 g/mol. The fourth-order valence-electron chi connectivity index (χ4n) is 1.14. The van der Waals surface area contributed by atoms with Crippen molar-refractivity contribution in [3.8, 4) is 0 Å². The van der Waals surface area contributed by atoms with Crippen LogP contribution in [0.15, 0.2) is 29.4 Å². The molecule has 1 aromatic rings. The van der Waals surface area contributed by atoms with Crippen molar-refractivity contribution in [2.45, 2.75) is 27.2 Å². The minimum absolute atomic E-state index is 0.167. The van der Waals surface area contributed by atoms with Gasteiger partial charge in [0.25, 0.3) is 5.91 Å². The molecule has 0 unspecified atom stereocenters. The van der Waals surface area contributed by atoms with Gasteiger partial charge in [0.05, 0.1) is 0 Å². The van der Waals surface area contributed by atoms with Gasteiger partial charge in [-0.25, -0.2) is 5.43 Å². The average Bonchev–Trinajstić information content (AvgIpc) is 2.25. The maximum absolute atomic E-state index is 11.6. The van der Waals surface area contributed by atoms with Crippen molar-refractivity contribution in [3.05, 3.63) is 35.4 Å². The van der Waals surface area contributed by atoms with Gasteiger partial charge >= 0.3 is 0 Å².